The molecule has 2 N–H and O–H groups in total. The zero-order chi connectivity index (χ0) is 19.9. The van der Waals surface area contributed by atoms with E-state index in [9.17, 15) is 9.59 Å². The van der Waals surface area contributed by atoms with Crippen LogP contribution in [0.4, 0.5) is 5.69 Å². The average molecular weight is 386 g/mol. The minimum absolute atomic E-state index is 0.268. The van der Waals surface area contributed by atoms with Gasteiger partial charge < -0.3 is 24.7 Å². The molecular formula is C20H26N4O4. The second-order valence-corrected chi connectivity index (χ2v) is 6.60. The quantitative estimate of drug-likeness (QED) is 0.679. The van der Waals surface area contributed by atoms with Crippen LogP contribution in [0, 0.1) is 0 Å². The zero-order valence-corrected chi connectivity index (χ0v) is 16.3. The summed E-state index contributed by atoms with van der Waals surface area (Å²) in [5.74, 6) is 0.251. The number of aromatic nitrogens is 2. The number of carbonyl (C=O) groups excluding carboxylic acids is 2. The molecular weight excluding hydrogens is 360 g/mol. The standard InChI is InChI=1S/C20H26N4O4/c1-27-13-7-11-21-20(26)18-23-17(15-9-5-6-12-24(15)18)19(25)22-14-8-3-4-10-16(14)28-2/h3-4,8,10H,5-7,9,11-13H2,1-2H3,(H,21,26)(H,22,25). The van der Waals surface area contributed by atoms with E-state index in [1.54, 1.807) is 26.4 Å². The number of rotatable bonds is 8. The summed E-state index contributed by atoms with van der Waals surface area (Å²) >= 11 is 0. The lowest BCUT2D eigenvalue weighted by molar-refractivity contribution is 0.0932. The Balaban J connectivity index is 1.82. The van der Waals surface area contributed by atoms with Gasteiger partial charge >= 0.3 is 0 Å². The number of methoxy groups -OCH3 is 2. The van der Waals surface area contributed by atoms with Crippen LogP contribution in [0.2, 0.25) is 0 Å². The molecule has 3 rings (SSSR count). The van der Waals surface area contributed by atoms with Gasteiger partial charge in [0, 0.05) is 26.8 Å². The molecule has 8 heteroatoms. The molecule has 2 heterocycles. The Hall–Kier alpha value is -2.87. The number of anilines is 1. The molecule has 28 heavy (non-hydrogen) atoms. The molecule has 0 spiro atoms. The number of nitrogens with zero attached hydrogens (tertiary/aromatic N) is 2. The first-order valence-electron chi connectivity index (χ1n) is 9.46. The van der Waals surface area contributed by atoms with Crippen molar-refractivity contribution in [2.75, 3.05) is 32.7 Å². The number of nitrogens with one attached hydrogen (secondary N) is 2. The van der Waals surface area contributed by atoms with Gasteiger partial charge in [0.1, 0.15) is 5.75 Å². The number of carbonyl (C=O) groups is 2. The van der Waals surface area contributed by atoms with Crippen molar-refractivity contribution in [1.82, 2.24) is 14.9 Å². The molecule has 2 aromatic rings. The Bertz CT molecular complexity index is 847. The van der Waals surface area contributed by atoms with Gasteiger partial charge in [0.25, 0.3) is 11.8 Å². The Morgan fingerprint density at radius 1 is 1.18 bits per heavy atom. The number of hydrogen-bond acceptors (Lipinski definition) is 5. The largest absolute Gasteiger partial charge is 0.495 e. The van der Waals surface area contributed by atoms with Gasteiger partial charge in [0.15, 0.2) is 11.5 Å². The Kier molecular flexibility index (Phi) is 6.65. The van der Waals surface area contributed by atoms with Crippen LogP contribution in [-0.2, 0) is 17.7 Å². The molecule has 150 valence electrons. The molecule has 0 saturated heterocycles. The van der Waals surface area contributed by atoms with Crippen molar-refractivity contribution in [1.29, 1.82) is 0 Å². The summed E-state index contributed by atoms with van der Waals surface area (Å²) in [4.78, 5) is 29.9. The predicted molar refractivity (Wildman–Crippen MR) is 105 cm³/mol. The molecule has 0 fully saturated rings. The van der Waals surface area contributed by atoms with Crippen LogP contribution < -0.4 is 15.4 Å². The molecule has 1 aromatic heterocycles. The highest BCUT2D eigenvalue weighted by Crippen LogP contribution is 2.26. The lowest BCUT2D eigenvalue weighted by Gasteiger charge is -2.17. The van der Waals surface area contributed by atoms with E-state index < -0.39 is 0 Å². The molecule has 1 aliphatic heterocycles. The van der Waals surface area contributed by atoms with Gasteiger partial charge in [-0.1, -0.05) is 12.1 Å². The van der Waals surface area contributed by atoms with Crippen LogP contribution in [-0.4, -0.2) is 48.7 Å². The Morgan fingerprint density at radius 2 is 2.00 bits per heavy atom. The van der Waals surface area contributed by atoms with E-state index in [-0.39, 0.29) is 17.6 Å². The van der Waals surface area contributed by atoms with Crippen molar-refractivity contribution in [2.45, 2.75) is 32.2 Å². The predicted octanol–water partition coefficient (Wildman–Crippen LogP) is 2.25. The minimum atomic E-state index is -0.339. The highest BCUT2D eigenvalue weighted by molar-refractivity contribution is 6.05. The van der Waals surface area contributed by atoms with Crippen molar-refractivity contribution in [3.8, 4) is 5.75 Å². The summed E-state index contributed by atoms with van der Waals surface area (Å²) in [7, 11) is 3.18. The maximum Gasteiger partial charge on any atom is 0.287 e. The number of hydrogen-bond donors (Lipinski definition) is 2. The van der Waals surface area contributed by atoms with Crippen molar-refractivity contribution >= 4 is 17.5 Å². The molecule has 0 unspecified atom stereocenters. The third-order valence-electron chi connectivity index (χ3n) is 4.70. The summed E-state index contributed by atoms with van der Waals surface area (Å²) in [6, 6.07) is 7.19. The van der Waals surface area contributed by atoms with Gasteiger partial charge in [-0.2, -0.15) is 0 Å². The maximum absolute atomic E-state index is 12.9. The van der Waals surface area contributed by atoms with Gasteiger partial charge in [0.2, 0.25) is 0 Å². The van der Waals surface area contributed by atoms with E-state index in [1.807, 2.05) is 16.7 Å². The van der Waals surface area contributed by atoms with Crippen LogP contribution in [0.15, 0.2) is 24.3 Å². The number of imidazole rings is 1. The van der Waals surface area contributed by atoms with Crippen molar-refractivity contribution < 1.29 is 19.1 Å². The van der Waals surface area contributed by atoms with Gasteiger partial charge in [-0.15, -0.1) is 0 Å². The van der Waals surface area contributed by atoms with E-state index >= 15 is 0 Å². The second kappa shape index (κ2) is 9.36. The summed E-state index contributed by atoms with van der Waals surface area (Å²) < 4.78 is 12.2. The van der Waals surface area contributed by atoms with Crippen LogP contribution in [0.25, 0.3) is 0 Å². The summed E-state index contributed by atoms with van der Waals surface area (Å²) in [5.41, 5.74) is 1.67. The first-order chi connectivity index (χ1) is 13.7. The lowest BCUT2D eigenvalue weighted by atomic mass is 10.1. The topological polar surface area (TPSA) is 94.5 Å². The van der Waals surface area contributed by atoms with Gasteiger partial charge in [-0.3, -0.25) is 9.59 Å². The smallest absolute Gasteiger partial charge is 0.287 e. The highest BCUT2D eigenvalue weighted by atomic mass is 16.5. The van der Waals surface area contributed by atoms with E-state index in [2.05, 4.69) is 15.6 Å². The molecule has 1 aliphatic rings. The number of fused-ring (bicyclic) bond motifs is 1. The number of para-hydroxylation sites is 2. The molecule has 1 aromatic carbocycles. The number of ether oxygens (including phenoxy) is 2. The second-order valence-electron chi connectivity index (χ2n) is 6.60. The van der Waals surface area contributed by atoms with Gasteiger partial charge in [-0.25, -0.2) is 4.98 Å². The molecule has 2 amide bonds. The lowest BCUT2D eigenvalue weighted by Crippen LogP contribution is -2.29. The Morgan fingerprint density at radius 3 is 2.79 bits per heavy atom. The zero-order valence-electron chi connectivity index (χ0n) is 16.3. The van der Waals surface area contributed by atoms with Gasteiger partial charge in [-0.05, 0) is 37.8 Å². The number of amides is 2. The fourth-order valence-corrected chi connectivity index (χ4v) is 3.33. The summed E-state index contributed by atoms with van der Waals surface area (Å²) in [6.45, 7) is 1.76. The van der Waals surface area contributed by atoms with E-state index in [0.29, 0.717) is 36.8 Å². The van der Waals surface area contributed by atoms with Crippen molar-refractivity contribution in [3.05, 3.63) is 41.5 Å². The van der Waals surface area contributed by atoms with Crippen LogP contribution in [0.1, 0.15) is 46.1 Å². The summed E-state index contributed by atoms with van der Waals surface area (Å²) in [5, 5.41) is 5.70. The third-order valence-corrected chi connectivity index (χ3v) is 4.70. The van der Waals surface area contributed by atoms with Crippen molar-refractivity contribution in [3.63, 3.8) is 0 Å². The van der Waals surface area contributed by atoms with E-state index in [0.717, 1.165) is 31.4 Å². The van der Waals surface area contributed by atoms with E-state index in [4.69, 9.17) is 9.47 Å². The average Bonchev–Trinajstić information content (AvgIpc) is 3.11. The number of benzene rings is 1. The fourth-order valence-electron chi connectivity index (χ4n) is 3.33. The van der Waals surface area contributed by atoms with E-state index in [1.165, 1.54) is 0 Å². The molecule has 0 radical (unpaired) electrons. The molecule has 8 nitrogen and oxygen atoms in total. The van der Waals surface area contributed by atoms with Crippen molar-refractivity contribution in [2.24, 2.45) is 0 Å². The SMILES string of the molecule is COCCCNC(=O)c1nc(C(=O)Nc2ccccc2OC)c2n1CCCC2. The first kappa shape index (κ1) is 19.9. The molecule has 0 bridgehead atoms. The minimum Gasteiger partial charge on any atom is -0.495 e. The maximum atomic E-state index is 12.9. The molecule has 0 aliphatic carbocycles. The van der Waals surface area contributed by atoms with Crippen LogP contribution in [0.3, 0.4) is 0 Å². The fraction of sp³-hybridized carbons (Fsp3) is 0.450. The van der Waals surface area contributed by atoms with Gasteiger partial charge in [0.05, 0.1) is 18.5 Å². The third kappa shape index (κ3) is 4.33. The first-order valence-corrected chi connectivity index (χ1v) is 9.46. The van der Waals surface area contributed by atoms with Crippen LogP contribution >= 0.6 is 0 Å². The Labute approximate surface area is 164 Å². The van der Waals surface area contributed by atoms with Crippen LogP contribution in [0.5, 0.6) is 5.75 Å². The molecule has 0 atom stereocenters. The monoisotopic (exact) mass is 386 g/mol. The normalized spacial score (nSPS) is 12.9. The summed E-state index contributed by atoms with van der Waals surface area (Å²) in [6.07, 6.45) is 3.37. The highest BCUT2D eigenvalue weighted by Gasteiger charge is 2.27. The molecule has 0 saturated carbocycles.